The van der Waals surface area contributed by atoms with Gasteiger partial charge in [-0.2, -0.15) is 0 Å². The van der Waals surface area contributed by atoms with Gasteiger partial charge < -0.3 is 10.2 Å². The van der Waals surface area contributed by atoms with E-state index in [9.17, 15) is 10.1 Å². The van der Waals surface area contributed by atoms with E-state index < -0.39 is 0 Å². The van der Waals surface area contributed by atoms with E-state index in [0.717, 1.165) is 37.1 Å². The lowest BCUT2D eigenvalue weighted by Gasteiger charge is -2.32. The second kappa shape index (κ2) is 8.25. The predicted molar refractivity (Wildman–Crippen MR) is 89.0 cm³/mol. The van der Waals surface area contributed by atoms with E-state index in [1.807, 2.05) is 12.1 Å². The summed E-state index contributed by atoms with van der Waals surface area (Å²) < 4.78 is 0. The number of rotatable bonds is 7. The lowest BCUT2D eigenvalue weighted by molar-refractivity contribution is -0.385. The molecule has 0 unspecified atom stereocenters. The van der Waals surface area contributed by atoms with Crippen molar-refractivity contribution in [3.8, 4) is 0 Å². The van der Waals surface area contributed by atoms with Gasteiger partial charge in [-0.25, -0.2) is 0 Å². The van der Waals surface area contributed by atoms with Crippen LogP contribution in [0.1, 0.15) is 43.7 Å². The number of nitro groups is 1. The molecule has 22 heavy (non-hydrogen) atoms. The van der Waals surface area contributed by atoms with Crippen molar-refractivity contribution >= 4 is 5.69 Å². The molecule has 1 fully saturated rings. The van der Waals surface area contributed by atoms with Crippen LogP contribution in [0.3, 0.4) is 0 Å². The normalized spacial score (nSPS) is 16.8. The van der Waals surface area contributed by atoms with Gasteiger partial charge in [-0.3, -0.25) is 10.1 Å². The van der Waals surface area contributed by atoms with Gasteiger partial charge in [0.2, 0.25) is 0 Å². The van der Waals surface area contributed by atoms with Crippen LogP contribution in [-0.2, 0) is 6.54 Å². The minimum atomic E-state index is -0.301. The standard InChI is InChI=1S/C17H27N3O2/c1-3-4-9-19-10-7-16(8-11-19)18-13-15-6-5-14(2)17(12-15)20(21)22/h5-6,12,16,18H,3-4,7-11,13H2,1-2H3. The molecule has 0 radical (unpaired) electrons. The maximum atomic E-state index is 11.0. The van der Waals surface area contributed by atoms with Crippen LogP contribution in [0.2, 0.25) is 0 Å². The van der Waals surface area contributed by atoms with Crippen molar-refractivity contribution in [1.82, 2.24) is 10.2 Å². The molecule has 1 aliphatic heterocycles. The van der Waals surface area contributed by atoms with Crippen molar-refractivity contribution in [2.45, 2.75) is 52.1 Å². The summed E-state index contributed by atoms with van der Waals surface area (Å²) in [5, 5.41) is 14.5. The third-order valence-electron chi connectivity index (χ3n) is 4.48. The fourth-order valence-corrected chi connectivity index (χ4v) is 2.97. The molecule has 0 aromatic heterocycles. The summed E-state index contributed by atoms with van der Waals surface area (Å²) in [6.07, 6.45) is 4.87. The highest BCUT2D eigenvalue weighted by atomic mass is 16.6. The average Bonchev–Trinajstić information content (AvgIpc) is 2.53. The Balaban J connectivity index is 1.79. The zero-order chi connectivity index (χ0) is 15.9. The quantitative estimate of drug-likeness (QED) is 0.620. The van der Waals surface area contributed by atoms with Crippen LogP contribution in [0, 0.1) is 17.0 Å². The highest BCUT2D eigenvalue weighted by molar-refractivity contribution is 5.42. The maximum absolute atomic E-state index is 11.0. The van der Waals surface area contributed by atoms with Crippen LogP contribution in [0.25, 0.3) is 0 Å². The molecular formula is C17H27N3O2. The molecule has 0 atom stereocenters. The van der Waals surface area contributed by atoms with Crippen molar-refractivity contribution in [3.63, 3.8) is 0 Å². The summed E-state index contributed by atoms with van der Waals surface area (Å²) in [5.41, 5.74) is 1.93. The van der Waals surface area contributed by atoms with E-state index in [4.69, 9.17) is 0 Å². The summed E-state index contributed by atoms with van der Waals surface area (Å²) in [5.74, 6) is 0. The Bertz CT molecular complexity index is 497. The van der Waals surface area contributed by atoms with Gasteiger partial charge in [0, 0.05) is 24.2 Å². The van der Waals surface area contributed by atoms with Gasteiger partial charge in [0.25, 0.3) is 5.69 Å². The van der Waals surface area contributed by atoms with Crippen molar-refractivity contribution in [1.29, 1.82) is 0 Å². The van der Waals surface area contributed by atoms with Crippen LogP contribution < -0.4 is 5.32 Å². The Morgan fingerprint density at radius 2 is 2.09 bits per heavy atom. The number of likely N-dealkylation sites (tertiary alicyclic amines) is 1. The smallest absolute Gasteiger partial charge is 0.272 e. The van der Waals surface area contributed by atoms with Crippen LogP contribution in [0.4, 0.5) is 5.69 Å². The number of hydrogen-bond acceptors (Lipinski definition) is 4. The highest BCUT2D eigenvalue weighted by Gasteiger charge is 2.18. The van der Waals surface area contributed by atoms with E-state index in [1.165, 1.54) is 19.4 Å². The first-order chi connectivity index (χ1) is 10.6. The number of hydrogen-bond donors (Lipinski definition) is 1. The van der Waals surface area contributed by atoms with Crippen LogP contribution >= 0.6 is 0 Å². The summed E-state index contributed by atoms with van der Waals surface area (Å²) in [6, 6.07) is 6.03. The lowest BCUT2D eigenvalue weighted by atomic mass is 10.0. The van der Waals surface area contributed by atoms with Crippen molar-refractivity contribution < 1.29 is 4.92 Å². The number of piperidine rings is 1. The molecule has 1 saturated heterocycles. The van der Waals surface area contributed by atoms with E-state index in [-0.39, 0.29) is 10.6 Å². The van der Waals surface area contributed by atoms with Gasteiger partial charge in [-0.15, -0.1) is 0 Å². The Morgan fingerprint density at radius 1 is 1.36 bits per heavy atom. The van der Waals surface area contributed by atoms with Gasteiger partial charge >= 0.3 is 0 Å². The van der Waals surface area contributed by atoms with Gasteiger partial charge in [0.1, 0.15) is 0 Å². The molecule has 122 valence electrons. The molecule has 1 aliphatic rings. The Labute approximate surface area is 132 Å². The number of nitrogens with zero attached hydrogens (tertiary/aromatic N) is 2. The SMILES string of the molecule is CCCCN1CCC(NCc2ccc(C)c([N+](=O)[O-])c2)CC1. The number of benzene rings is 1. The van der Waals surface area contributed by atoms with Crippen LogP contribution in [0.5, 0.6) is 0 Å². The molecule has 0 spiro atoms. The van der Waals surface area contributed by atoms with E-state index in [1.54, 1.807) is 13.0 Å². The second-order valence-electron chi connectivity index (χ2n) is 6.23. The first-order valence-corrected chi connectivity index (χ1v) is 8.29. The molecule has 1 N–H and O–H groups in total. The van der Waals surface area contributed by atoms with Gasteiger partial charge in [-0.1, -0.05) is 25.5 Å². The van der Waals surface area contributed by atoms with Gasteiger partial charge in [0.05, 0.1) is 4.92 Å². The fraction of sp³-hybridized carbons (Fsp3) is 0.647. The Morgan fingerprint density at radius 3 is 2.73 bits per heavy atom. The molecule has 1 aromatic carbocycles. The largest absolute Gasteiger partial charge is 0.310 e. The molecule has 0 amide bonds. The molecule has 1 aromatic rings. The minimum Gasteiger partial charge on any atom is -0.310 e. The zero-order valence-corrected chi connectivity index (χ0v) is 13.7. The Kier molecular flexibility index (Phi) is 6.34. The zero-order valence-electron chi connectivity index (χ0n) is 13.7. The second-order valence-corrected chi connectivity index (χ2v) is 6.23. The molecular weight excluding hydrogens is 278 g/mol. The molecule has 0 saturated carbocycles. The van der Waals surface area contributed by atoms with Gasteiger partial charge in [0.15, 0.2) is 0 Å². The molecule has 2 rings (SSSR count). The number of nitrogens with one attached hydrogen (secondary N) is 1. The number of aryl methyl sites for hydroxylation is 1. The molecule has 5 heteroatoms. The predicted octanol–water partition coefficient (Wildman–Crippen LogP) is 3.26. The molecule has 1 heterocycles. The van der Waals surface area contributed by atoms with Crippen LogP contribution in [-0.4, -0.2) is 35.5 Å². The van der Waals surface area contributed by atoms with Crippen molar-refractivity contribution in [2.24, 2.45) is 0 Å². The fourth-order valence-electron chi connectivity index (χ4n) is 2.97. The van der Waals surface area contributed by atoms with Crippen LogP contribution in [0.15, 0.2) is 18.2 Å². The first kappa shape index (κ1) is 16.9. The van der Waals surface area contributed by atoms with E-state index in [2.05, 4.69) is 17.1 Å². The third kappa shape index (κ3) is 4.78. The third-order valence-corrected chi connectivity index (χ3v) is 4.48. The van der Waals surface area contributed by atoms with Crippen molar-refractivity contribution in [2.75, 3.05) is 19.6 Å². The summed E-state index contributed by atoms with van der Waals surface area (Å²) >= 11 is 0. The molecule has 5 nitrogen and oxygen atoms in total. The summed E-state index contributed by atoms with van der Waals surface area (Å²) in [7, 11) is 0. The lowest BCUT2D eigenvalue weighted by Crippen LogP contribution is -2.42. The average molecular weight is 305 g/mol. The number of nitro benzene ring substituents is 1. The summed E-state index contributed by atoms with van der Waals surface area (Å²) in [6.45, 7) is 8.25. The van der Waals surface area contributed by atoms with Gasteiger partial charge in [-0.05, 0) is 51.4 Å². The van der Waals surface area contributed by atoms with E-state index >= 15 is 0 Å². The summed E-state index contributed by atoms with van der Waals surface area (Å²) in [4.78, 5) is 13.2. The highest BCUT2D eigenvalue weighted by Crippen LogP contribution is 2.19. The minimum absolute atomic E-state index is 0.216. The van der Waals surface area contributed by atoms with Crippen molar-refractivity contribution in [3.05, 3.63) is 39.4 Å². The molecule has 0 bridgehead atoms. The Hall–Kier alpha value is -1.46. The maximum Gasteiger partial charge on any atom is 0.272 e. The number of unbranched alkanes of at least 4 members (excludes halogenated alkanes) is 1. The monoisotopic (exact) mass is 305 g/mol. The topological polar surface area (TPSA) is 58.4 Å². The van der Waals surface area contributed by atoms with E-state index in [0.29, 0.717) is 12.6 Å². The first-order valence-electron chi connectivity index (χ1n) is 8.29. The molecule has 0 aliphatic carbocycles.